The number of H-pyrrole nitrogens is 1. The van der Waals surface area contributed by atoms with Gasteiger partial charge in [-0.3, -0.25) is 14.3 Å². The van der Waals surface area contributed by atoms with Gasteiger partial charge in [0.25, 0.3) is 5.56 Å². The summed E-state index contributed by atoms with van der Waals surface area (Å²) in [5.74, 6) is -0.210. The smallest absolute Gasteiger partial charge is 0.343 e. The van der Waals surface area contributed by atoms with Crippen molar-refractivity contribution in [1.29, 1.82) is 0 Å². The second-order valence-corrected chi connectivity index (χ2v) is 7.33. The summed E-state index contributed by atoms with van der Waals surface area (Å²) in [6.45, 7) is 2.04. The highest BCUT2D eigenvalue weighted by atomic mass is 16.5. The number of pyridine rings is 2. The summed E-state index contributed by atoms with van der Waals surface area (Å²) >= 11 is 0. The van der Waals surface area contributed by atoms with Gasteiger partial charge >= 0.3 is 5.97 Å². The van der Waals surface area contributed by atoms with E-state index >= 15 is 0 Å². The Morgan fingerprint density at radius 3 is 2.82 bits per heavy atom. The lowest BCUT2D eigenvalue weighted by molar-refractivity contribution is 0.0598. The molecule has 0 aliphatic heterocycles. The van der Waals surface area contributed by atoms with Crippen molar-refractivity contribution in [2.24, 2.45) is 0 Å². The third-order valence-corrected chi connectivity index (χ3v) is 5.59. The zero-order valence-corrected chi connectivity index (χ0v) is 15.7. The Kier molecular flexibility index (Phi) is 3.62. The Morgan fingerprint density at radius 1 is 1.25 bits per heavy atom. The van der Waals surface area contributed by atoms with E-state index in [1.54, 1.807) is 22.9 Å². The van der Waals surface area contributed by atoms with E-state index in [9.17, 15) is 9.59 Å². The first-order valence-corrected chi connectivity index (χ1v) is 9.29. The predicted molar refractivity (Wildman–Crippen MR) is 107 cm³/mol. The zero-order chi connectivity index (χ0) is 19.4. The van der Waals surface area contributed by atoms with Crippen LogP contribution in [0.3, 0.4) is 0 Å². The number of aromatic amines is 1. The van der Waals surface area contributed by atoms with Crippen molar-refractivity contribution < 1.29 is 9.53 Å². The van der Waals surface area contributed by atoms with Crippen LogP contribution in [-0.2, 0) is 4.74 Å². The average Bonchev–Trinajstić information content (AvgIpc) is 3.44. The first-order chi connectivity index (χ1) is 13.6. The van der Waals surface area contributed by atoms with Gasteiger partial charge in [-0.2, -0.15) is 5.10 Å². The summed E-state index contributed by atoms with van der Waals surface area (Å²) in [7, 11) is 1.30. The summed E-state index contributed by atoms with van der Waals surface area (Å²) in [4.78, 5) is 25.0. The quantitative estimate of drug-likeness (QED) is 0.554. The number of carbonyl (C=O) groups excluding carboxylic acids is 1. The van der Waals surface area contributed by atoms with Gasteiger partial charge in [0.1, 0.15) is 5.56 Å². The molecule has 3 aromatic heterocycles. The van der Waals surface area contributed by atoms with Crippen LogP contribution < -0.4 is 5.56 Å². The van der Waals surface area contributed by atoms with E-state index in [4.69, 9.17) is 4.74 Å². The Hall–Kier alpha value is -3.41. The standard InChI is InChI=1S/C22H19N3O3/c1-12-16(14-5-6-19-15(9-14)11-23-24-19)7-8-25-20(12)17(13-3-4-13)10-18(21(25)26)22(27)28-2/h5-11,13H,3-4H2,1-2H3,(H,23,24). The Morgan fingerprint density at radius 2 is 2.07 bits per heavy atom. The van der Waals surface area contributed by atoms with Gasteiger partial charge in [0, 0.05) is 11.6 Å². The number of ether oxygens (including phenoxy) is 1. The lowest BCUT2D eigenvalue weighted by Crippen LogP contribution is -2.24. The SMILES string of the molecule is COC(=O)c1cc(C2CC2)c2c(C)c(-c3ccc4[nH]ncc4c3)ccn2c1=O. The minimum absolute atomic E-state index is 0.0915. The summed E-state index contributed by atoms with van der Waals surface area (Å²) in [6, 6.07) is 9.82. The third-order valence-electron chi connectivity index (χ3n) is 5.59. The highest BCUT2D eigenvalue weighted by Gasteiger charge is 2.29. The maximum Gasteiger partial charge on any atom is 0.343 e. The largest absolute Gasteiger partial charge is 0.465 e. The molecule has 28 heavy (non-hydrogen) atoms. The van der Waals surface area contributed by atoms with Crippen LogP contribution >= 0.6 is 0 Å². The third kappa shape index (κ3) is 2.45. The molecule has 1 aliphatic carbocycles. The number of aryl methyl sites for hydroxylation is 1. The number of carbonyl (C=O) groups is 1. The molecule has 140 valence electrons. The van der Waals surface area contributed by atoms with Crippen LogP contribution in [0.1, 0.15) is 40.2 Å². The average molecular weight is 373 g/mol. The van der Waals surface area contributed by atoms with Gasteiger partial charge in [-0.1, -0.05) is 6.07 Å². The first-order valence-electron chi connectivity index (χ1n) is 9.29. The van der Waals surface area contributed by atoms with Gasteiger partial charge in [-0.05, 0) is 72.2 Å². The summed E-state index contributed by atoms with van der Waals surface area (Å²) < 4.78 is 6.41. The van der Waals surface area contributed by atoms with Gasteiger partial charge in [0.2, 0.25) is 0 Å². The molecule has 6 nitrogen and oxygen atoms in total. The van der Waals surface area contributed by atoms with Gasteiger partial charge in [-0.15, -0.1) is 0 Å². The van der Waals surface area contributed by atoms with Gasteiger partial charge in [0.15, 0.2) is 0 Å². The number of nitrogens with one attached hydrogen (secondary N) is 1. The normalized spacial score (nSPS) is 13.9. The van der Waals surface area contributed by atoms with Gasteiger partial charge < -0.3 is 4.74 Å². The fourth-order valence-corrected chi connectivity index (χ4v) is 3.98. The maximum absolute atomic E-state index is 12.9. The Bertz CT molecular complexity index is 1310. The number of hydrogen-bond donors (Lipinski definition) is 1. The van der Waals surface area contributed by atoms with Crippen molar-refractivity contribution in [2.75, 3.05) is 7.11 Å². The lowest BCUT2D eigenvalue weighted by Gasteiger charge is -2.15. The van der Waals surface area contributed by atoms with Crippen LogP contribution in [0, 0.1) is 6.92 Å². The van der Waals surface area contributed by atoms with E-state index < -0.39 is 5.97 Å². The fourth-order valence-electron chi connectivity index (χ4n) is 3.98. The predicted octanol–water partition coefficient (Wildman–Crippen LogP) is 3.82. The molecule has 0 saturated heterocycles. The molecular formula is C22H19N3O3. The molecule has 0 spiro atoms. The molecule has 1 N–H and O–H groups in total. The lowest BCUT2D eigenvalue weighted by atomic mass is 9.96. The summed E-state index contributed by atoms with van der Waals surface area (Å²) in [5, 5.41) is 8.09. The molecule has 0 amide bonds. The molecule has 6 heteroatoms. The molecule has 0 radical (unpaired) electrons. The van der Waals surface area contributed by atoms with Crippen molar-refractivity contribution in [1.82, 2.24) is 14.6 Å². The van der Waals surface area contributed by atoms with Gasteiger partial charge in [0.05, 0.1) is 24.3 Å². The monoisotopic (exact) mass is 373 g/mol. The van der Waals surface area contributed by atoms with Crippen LogP contribution in [-0.4, -0.2) is 27.7 Å². The van der Waals surface area contributed by atoms with E-state index in [1.165, 1.54) is 7.11 Å². The van der Waals surface area contributed by atoms with E-state index in [-0.39, 0.29) is 11.1 Å². The molecule has 3 heterocycles. The van der Waals surface area contributed by atoms with E-state index in [0.717, 1.165) is 51.5 Å². The van der Waals surface area contributed by atoms with E-state index in [1.807, 2.05) is 19.1 Å². The molecule has 1 saturated carbocycles. The van der Waals surface area contributed by atoms with E-state index in [0.29, 0.717) is 5.92 Å². The number of methoxy groups -OCH3 is 1. The summed E-state index contributed by atoms with van der Waals surface area (Å²) in [5.41, 5.74) is 5.84. The highest BCUT2D eigenvalue weighted by molar-refractivity contribution is 5.91. The second kappa shape index (κ2) is 6.05. The van der Waals surface area contributed by atoms with Crippen molar-refractivity contribution >= 4 is 22.4 Å². The fraction of sp³-hybridized carbons (Fsp3) is 0.227. The number of esters is 1. The number of rotatable bonds is 3. The Balaban J connectivity index is 1.80. The number of aromatic nitrogens is 3. The number of hydrogen-bond acceptors (Lipinski definition) is 4. The first kappa shape index (κ1) is 16.7. The topological polar surface area (TPSA) is 76.5 Å². The summed E-state index contributed by atoms with van der Waals surface area (Å²) in [6.07, 6.45) is 5.70. The molecule has 1 aliphatic rings. The highest BCUT2D eigenvalue weighted by Crippen LogP contribution is 2.43. The number of benzene rings is 1. The van der Waals surface area contributed by atoms with Crippen molar-refractivity contribution in [3.63, 3.8) is 0 Å². The number of fused-ring (bicyclic) bond motifs is 2. The van der Waals surface area contributed by atoms with Gasteiger partial charge in [-0.25, -0.2) is 4.79 Å². The molecule has 0 bridgehead atoms. The second-order valence-electron chi connectivity index (χ2n) is 7.33. The molecule has 1 fully saturated rings. The minimum atomic E-state index is -0.589. The molecule has 4 aromatic rings. The van der Waals surface area contributed by atoms with Crippen molar-refractivity contribution in [3.05, 3.63) is 69.8 Å². The van der Waals surface area contributed by atoms with Crippen molar-refractivity contribution in [2.45, 2.75) is 25.7 Å². The van der Waals surface area contributed by atoms with Crippen LogP contribution in [0.25, 0.3) is 27.5 Å². The van der Waals surface area contributed by atoms with Crippen molar-refractivity contribution in [3.8, 4) is 11.1 Å². The Labute approximate surface area is 160 Å². The molecule has 1 aromatic carbocycles. The van der Waals surface area contributed by atoms with Crippen LogP contribution in [0.4, 0.5) is 0 Å². The van der Waals surface area contributed by atoms with Crippen LogP contribution in [0.15, 0.2) is 47.5 Å². The van der Waals surface area contributed by atoms with Crippen LogP contribution in [0.5, 0.6) is 0 Å². The maximum atomic E-state index is 12.9. The minimum Gasteiger partial charge on any atom is -0.465 e. The molecule has 0 atom stereocenters. The zero-order valence-electron chi connectivity index (χ0n) is 15.7. The molecule has 5 rings (SSSR count). The molecule has 0 unspecified atom stereocenters. The van der Waals surface area contributed by atoms with Crippen LogP contribution in [0.2, 0.25) is 0 Å². The molecular weight excluding hydrogens is 354 g/mol. The number of nitrogens with zero attached hydrogens (tertiary/aromatic N) is 2. The van der Waals surface area contributed by atoms with E-state index in [2.05, 4.69) is 22.3 Å².